The molecule has 2 aliphatic rings. The van der Waals surface area contributed by atoms with Crippen LogP contribution in [0.4, 0.5) is 5.82 Å². The number of hydrogen-bond donors (Lipinski definition) is 2. The van der Waals surface area contributed by atoms with E-state index >= 15 is 0 Å². The first-order chi connectivity index (χ1) is 10.2. The number of carbonyl (C=O) groups excluding carboxylic acids is 1. The van der Waals surface area contributed by atoms with E-state index in [1.165, 1.54) is 0 Å². The van der Waals surface area contributed by atoms with Gasteiger partial charge in [0.25, 0.3) is 0 Å². The Balaban J connectivity index is 1.55. The van der Waals surface area contributed by atoms with E-state index in [9.17, 15) is 4.79 Å². The minimum Gasteiger partial charge on any atom is -0.378 e. The van der Waals surface area contributed by atoms with E-state index < -0.39 is 0 Å². The second-order valence-electron chi connectivity index (χ2n) is 5.33. The van der Waals surface area contributed by atoms with Gasteiger partial charge in [-0.25, -0.2) is 4.98 Å². The van der Waals surface area contributed by atoms with Crippen molar-refractivity contribution in [2.75, 3.05) is 37.7 Å². The molecular formula is C14H19ClN4O2. The molecule has 0 bridgehead atoms. The maximum atomic E-state index is 12.2. The molecule has 1 aromatic heterocycles. The maximum Gasteiger partial charge on any atom is 0.239 e. The van der Waals surface area contributed by atoms with Crippen molar-refractivity contribution in [3.8, 4) is 0 Å². The van der Waals surface area contributed by atoms with Gasteiger partial charge in [-0.05, 0) is 18.6 Å². The number of amides is 1. The van der Waals surface area contributed by atoms with E-state index in [1.807, 2.05) is 12.1 Å². The molecule has 2 fully saturated rings. The number of anilines is 1. The molecular weight excluding hydrogens is 292 g/mol. The van der Waals surface area contributed by atoms with E-state index in [0.29, 0.717) is 18.2 Å². The Kier molecular flexibility index (Phi) is 4.57. The third-order valence-corrected chi connectivity index (χ3v) is 4.11. The lowest BCUT2D eigenvalue weighted by Crippen LogP contribution is -2.53. The second kappa shape index (κ2) is 6.60. The van der Waals surface area contributed by atoms with Gasteiger partial charge < -0.3 is 20.3 Å². The van der Waals surface area contributed by atoms with Crippen LogP contribution in [0.25, 0.3) is 0 Å². The molecule has 3 heterocycles. The van der Waals surface area contributed by atoms with Crippen molar-refractivity contribution in [2.45, 2.75) is 18.5 Å². The van der Waals surface area contributed by atoms with Crippen LogP contribution in [0.15, 0.2) is 18.3 Å². The molecule has 0 saturated carbocycles. The van der Waals surface area contributed by atoms with Gasteiger partial charge >= 0.3 is 0 Å². The number of ether oxygens (including phenoxy) is 1. The van der Waals surface area contributed by atoms with Gasteiger partial charge in [-0.3, -0.25) is 4.79 Å². The summed E-state index contributed by atoms with van der Waals surface area (Å²) >= 11 is 6.16. The average Bonchev–Trinajstić information content (AvgIpc) is 2.97. The number of nitrogens with zero attached hydrogens (tertiary/aromatic N) is 2. The fourth-order valence-electron chi connectivity index (χ4n) is 2.72. The summed E-state index contributed by atoms with van der Waals surface area (Å²) in [7, 11) is 0. The van der Waals surface area contributed by atoms with Gasteiger partial charge in [0.15, 0.2) is 0 Å². The molecule has 2 atom stereocenters. The zero-order valence-corrected chi connectivity index (χ0v) is 12.5. The first kappa shape index (κ1) is 14.6. The smallest absolute Gasteiger partial charge is 0.239 e. The second-order valence-corrected chi connectivity index (χ2v) is 5.74. The van der Waals surface area contributed by atoms with Crippen LogP contribution in [-0.2, 0) is 9.53 Å². The largest absolute Gasteiger partial charge is 0.378 e. The minimum absolute atomic E-state index is 0.00803. The first-order valence-electron chi connectivity index (χ1n) is 7.21. The predicted octanol–water partition coefficient (Wildman–Crippen LogP) is 0.418. The van der Waals surface area contributed by atoms with Crippen molar-refractivity contribution in [1.29, 1.82) is 0 Å². The molecule has 1 amide bonds. The summed E-state index contributed by atoms with van der Waals surface area (Å²) in [4.78, 5) is 18.6. The molecule has 1 aromatic rings. The van der Waals surface area contributed by atoms with Crippen molar-refractivity contribution in [3.63, 3.8) is 0 Å². The number of morpholine rings is 1. The highest BCUT2D eigenvalue weighted by Gasteiger charge is 2.29. The summed E-state index contributed by atoms with van der Waals surface area (Å²) in [6.45, 7) is 3.40. The van der Waals surface area contributed by atoms with Crippen molar-refractivity contribution in [2.24, 2.45) is 0 Å². The Hall–Kier alpha value is -1.37. The van der Waals surface area contributed by atoms with Gasteiger partial charge in [-0.15, -0.1) is 0 Å². The number of nitrogens with one attached hydrogen (secondary N) is 2. The Bertz CT molecular complexity index is 508. The van der Waals surface area contributed by atoms with Gasteiger partial charge in [0, 0.05) is 31.9 Å². The molecule has 0 spiro atoms. The molecule has 114 valence electrons. The van der Waals surface area contributed by atoms with Gasteiger partial charge in [0.05, 0.1) is 18.2 Å². The van der Waals surface area contributed by atoms with Gasteiger partial charge in [-0.2, -0.15) is 0 Å². The summed E-state index contributed by atoms with van der Waals surface area (Å²) in [5, 5.41) is 6.88. The first-order valence-corrected chi connectivity index (χ1v) is 7.59. The molecule has 2 unspecified atom stereocenters. The summed E-state index contributed by atoms with van der Waals surface area (Å²) < 4.78 is 5.31. The molecule has 2 saturated heterocycles. The van der Waals surface area contributed by atoms with Crippen LogP contribution in [0.2, 0.25) is 5.02 Å². The van der Waals surface area contributed by atoms with E-state index in [0.717, 1.165) is 31.9 Å². The van der Waals surface area contributed by atoms with Gasteiger partial charge in [0.2, 0.25) is 5.91 Å². The van der Waals surface area contributed by atoms with Gasteiger partial charge in [-0.1, -0.05) is 11.6 Å². The molecule has 6 nitrogen and oxygen atoms in total. The summed E-state index contributed by atoms with van der Waals surface area (Å²) in [5.41, 5.74) is 0. The molecule has 3 rings (SSSR count). The number of hydrogen-bond acceptors (Lipinski definition) is 5. The summed E-state index contributed by atoms with van der Waals surface area (Å²) in [6.07, 6.45) is 2.63. The minimum atomic E-state index is -0.244. The monoisotopic (exact) mass is 310 g/mol. The number of pyridine rings is 1. The number of rotatable bonds is 3. The lowest BCUT2D eigenvalue weighted by Gasteiger charge is -2.25. The van der Waals surface area contributed by atoms with E-state index in [1.54, 1.807) is 6.20 Å². The Labute approximate surface area is 128 Å². The zero-order chi connectivity index (χ0) is 14.7. The molecule has 21 heavy (non-hydrogen) atoms. The topological polar surface area (TPSA) is 66.5 Å². The number of aromatic nitrogens is 1. The predicted molar refractivity (Wildman–Crippen MR) is 80.6 cm³/mol. The average molecular weight is 311 g/mol. The number of carbonyl (C=O) groups is 1. The van der Waals surface area contributed by atoms with Crippen LogP contribution >= 0.6 is 11.6 Å². The van der Waals surface area contributed by atoms with Crippen molar-refractivity contribution in [1.82, 2.24) is 15.6 Å². The van der Waals surface area contributed by atoms with Crippen LogP contribution < -0.4 is 15.5 Å². The van der Waals surface area contributed by atoms with Crippen molar-refractivity contribution >= 4 is 23.3 Å². The summed E-state index contributed by atoms with van der Waals surface area (Å²) in [6, 6.07) is 3.53. The molecule has 0 aromatic carbocycles. The fraction of sp³-hybridized carbons (Fsp3) is 0.571. The highest BCUT2D eigenvalue weighted by molar-refractivity contribution is 6.32. The lowest BCUT2D eigenvalue weighted by atomic mass is 10.2. The third-order valence-electron chi connectivity index (χ3n) is 3.81. The normalized spacial score (nSPS) is 25.9. The standard InChI is InChI=1S/C14H19ClN4O2/c15-11-2-1-4-17-13(11)19-6-3-10(8-19)18-14(20)12-9-21-7-5-16-12/h1-2,4,10,12,16H,3,5-9H2,(H,18,20). The Morgan fingerprint density at radius 1 is 1.57 bits per heavy atom. The summed E-state index contributed by atoms with van der Waals surface area (Å²) in [5.74, 6) is 0.795. The van der Waals surface area contributed by atoms with Crippen LogP contribution in [0.1, 0.15) is 6.42 Å². The van der Waals surface area contributed by atoms with Crippen molar-refractivity contribution < 1.29 is 9.53 Å². The lowest BCUT2D eigenvalue weighted by molar-refractivity contribution is -0.126. The molecule has 0 radical (unpaired) electrons. The van der Waals surface area contributed by atoms with E-state index in [2.05, 4.69) is 20.5 Å². The van der Waals surface area contributed by atoms with Crippen LogP contribution in [0.5, 0.6) is 0 Å². The maximum absolute atomic E-state index is 12.2. The molecule has 2 aliphatic heterocycles. The Morgan fingerprint density at radius 3 is 3.24 bits per heavy atom. The van der Waals surface area contributed by atoms with Crippen LogP contribution in [0.3, 0.4) is 0 Å². The molecule has 7 heteroatoms. The van der Waals surface area contributed by atoms with Crippen LogP contribution in [0, 0.1) is 0 Å². The quantitative estimate of drug-likeness (QED) is 0.847. The third kappa shape index (κ3) is 3.45. The van der Waals surface area contributed by atoms with Gasteiger partial charge in [0.1, 0.15) is 11.9 Å². The van der Waals surface area contributed by atoms with E-state index in [-0.39, 0.29) is 18.0 Å². The fourth-order valence-corrected chi connectivity index (χ4v) is 2.96. The number of halogens is 1. The highest BCUT2D eigenvalue weighted by atomic mass is 35.5. The Morgan fingerprint density at radius 2 is 2.48 bits per heavy atom. The van der Waals surface area contributed by atoms with Crippen LogP contribution in [-0.4, -0.2) is 55.8 Å². The molecule has 0 aliphatic carbocycles. The molecule has 2 N–H and O–H groups in total. The zero-order valence-electron chi connectivity index (χ0n) is 11.7. The SMILES string of the molecule is O=C(NC1CCN(c2ncccc2Cl)C1)C1COCCN1. The van der Waals surface area contributed by atoms with E-state index in [4.69, 9.17) is 16.3 Å². The van der Waals surface area contributed by atoms with Crippen molar-refractivity contribution in [3.05, 3.63) is 23.4 Å². The highest BCUT2D eigenvalue weighted by Crippen LogP contribution is 2.25.